The zero-order valence-corrected chi connectivity index (χ0v) is 12.3. The first-order valence-electron chi connectivity index (χ1n) is 6.24. The van der Waals surface area contributed by atoms with Crippen molar-refractivity contribution in [2.75, 3.05) is 0 Å². The lowest BCUT2D eigenvalue weighted by Crippen LogP contribution is -1.89. The van der Waals surface area contributed by atoms with Crippen LogP contribution in [0.5, 0.6) is 0 Å². The summed E-state index contributed by atoms with van der Waals surface area (Å²) in [6, 6.07) is 10.4. The van der Waals surface area contributed by atoms with Crippen LogP contribution in [0.3, 0.4) is 0 Å². The lowest BCUT2D eigenvalue weighted by atomic mass is 9.95. The maximum atomic E-state index is 4.21. The Hall–Kier alpha value is -1.86. The molecule has 2 rings (SSSR count). The Kier molecular flexibility index (Phi) is 4.18. The second-order valence-corrected chi connectivity index (χ2v) is 5.44. The number of rotatable bonds is 4. The fourth-order valence-electron chi connectivity index (χ4n) is 2.00. The van der Waals surface area contributed by atoms with Crippen molar-refractivity contribution < 1.29 is 0 Å². The SMILES string of the molecule is C=C(/C=C(\C)C(=C)c1ccccc1C)c1ccsc1. The van der Waals surface area contributed by atoms with Gasteiger partial charge in [-0.25, -0.2) is 0 Å². The molecule has 0 aliphatic rings. The fraction of sp³-hybridized carbons (Fsp3) is 0.111. The zero-order chi connectivity index (χ0) is 13.8. The quantitative estimate of drug-likeness (QED) is 0.620. The summed E-state index contributed by atoms with van der Waals surface area (Å²) in [6.45, 7) is 12.5. The Morgan fingerprint density at radius 3 is 2.53 bits per heavy atom. The summed E-state index contributed by atoms with van der Waals surface area (Å²) in [5, 5.41) is 4.18. The molecule has 0 amide bonds. The summed E-state index contributed by atoms with van der Waals surface area (Å²) in [7, 11) is 0. The Morgan fingerprint density at radius 1 is 1.16 bits per heavy atom. The summed E-state index contributed by atoms with van der Waals surface area (Å²) in [4.78, 5) is 0. The van der Waals surface area contributed by atoms with E-state index in [1.807, 2.05) is 0 Å². The smallest absolute Gasteiger partial charge is 0.00149 e. The van der Waals surface area contributed by atoms with Crippen LogP contribution < -0.4 is 0 Å². The van der Waals surface area contributed by atoms with Crippen molar-refractivity contribution in [3.8, 4) is 0 Å². The maximum absolute atomic E-state index is 4.21. The van der Waals surface area contributed by atoms with Gasteiger partial charge in [-0.1, -0.05) is 43.5 Å². The molecule has 0 radical (unpaired) electrons. The molecular formula is C18H18S. The molecular weight excluding hydrogens is 248 g/mol. The summed E-state index contributed by atoms with van der Waals surface area (Å²) in [6.07, 6.45) is 2.11. The lowest BCUT2D eigenvalue weighted by molar-refractivity contribution is 1.40. The van der Waals surface area contributed by atoms with E-state index in [0.29, 0.717) is 0 Å². The van der Waals surface area contributed by atoms with Crippen molar-refractivity contribution in [1.82, 2.24) is 0 Å². The molecule has 0 spiro atoms. The first-order valence-corrected chi connectivity index (χ1v) is 7.19. The van der Waals surface area contributed by atoms with Crippen molar-refractivity contribution in [3.05, 3.63) is 82.6 Å². The molecule has 0 unspecified atom stereocenters. The topological polar surface area (TPSA) is 0 Å². The molecule has 1 heteroatoms. The van der Waals surface area contributed by atoms with Crippen molar-refractivity contribution in [3.63, 3.8) is 0 Å². The van der Waals surface area contributed by atoms with Crippen molar-refractivity contribution >= 4 is 22.5 Å². The van der Waals surface area contributed by atoms with E-state index in [0.717, 1.165) is 16.7 Å². The highest BCUT2D eigenvalue weighted by atomic mass is 32.1. The average molecular weight is 266 g/mol. The fourth-order valence-corrected chi connectivity index (χ4v) is 2.68. The molecule has 0 saturated carbocycles. The van der Waals surface area contributed by atoms with E-state index in [9.17, 15) is 0 Å². The molecule has 0 N–H and O–H groups in total. The molecule has 1 heterocycles. The van der Waals surface area contributed by atoms with Gasteiger partial charge in [0.05, 0.1) is 0 Å². The highest BCUT2D eigenvalue weighted by Crippen LogP contribution is 2.27. The Balaban J connectivity index is 2.25. The standard InChI is InChI=1S/C18H18S/c1-13-7-5-6-8-18(13)16(4)14(2)11-15(3)17-9-10-19-12-17/h5-12H,3-4H2,1-2H3/b14-11+. The first kappa shape index (κ1) is 13.6. The predicted molar refractivity (Wildman–Crippen MR) is 87.3 cm³/mol. The second-order valence-electron chi connectivity index (χ2n) is 4.66. The van der Waals surface area contributed by atoms with Crippen LogP contribution in [0.1, 0.15) is 23.6 Å². The van der Waals surface area contributed by atoms with Crippen LogP contribution in [0.2, 0.25) is 0 Å². The minimum atomic E-state index is 1.04. The Morgan fingerprint density at radius 2 is 1.89 bits per heavy atom. The van der Waals surface area contributed by atoms with Gasteiger partial charge >= 0.3 is 0 Å². The van der Waals surface area contributed by atoms with E-state index >= 15 is 0 Å². The monoisotopic (exact) mass is 266 g/mol. The van der Waals surface area contributed by atoms with Crippen LogP contribution in [0.25, 0.3) is 11.1 Å². The van der Waals surface area contributed by atoms with Gasteiger partial charge in [-0.15, -0.1) is 0 Å². The van der Waals surface area contributed by atoms with Crippen LogP contribution in [0.15, 0.2) is 65.9 Å². The molecule has 2 aromatic rings. The van der Waals surface area contributed by atoms with Crippen LogP contribution >= 0.6 is 11.3 Å². The summed E-state index contributed by atoms with van der Waals surface area (Å²) >= 11 is 1.69. The van der Waals surface area contributed by atoms with Gasteiger partial charge in [0.2, 0.25) is 0 Å². The largest absolute Gasteiger partial charge is 0.152 e. The highest BCUT2D eigenvalue weighted by Gasteiger charge is 2.05. The van der Waals surface area contributed by atoms with Gasteiger partial charge in [0, 0.05) is 0 Å². The zero-order valence-electron chi connectivity index (χ0n) is 11.4. The molecule has 0 aliphatic heterocycles. The van der Waals surface area contributed by atoms with E-state index in [2.05, 4.69) is 74.2 Å². The van der Waals surface area contributed by atoms with Crippen molar-refractivity contribution in [1.29, 1.82) is 0 Å². The van der Waals surface area contributed by atoms with E-state index in [1.165, 1.54) is 16.7 Å². The van der Waals surface area contributed by atoms with E-state index < -0.39 is 0 Å². The lowest BCUT2D eigenvalue weighted by Gasteiger charge is -2.10. The van der Waals surface area contributed by atoms with Crippen LogP contribution in [0, 0.1) is 6.92 Å². The third kappa shape index (κ3) is 3.12. The first-order chi connectivity index (χ1) is 9.09. The van der Waals surface area contributed by atoms with Gasteiger partial charge in [0.15, 0.2) is 0 Å². The van der Waals surface area contributed by atoms with E-state index in [4.69, 9.17) is 0 Å². The van der Waals surface area contributed by atoms with Gasteiger partial charge in [0.25, 0.3) is 0 Å². The number of benzene rings is 1. The van der Waals surface area contributed by atoms with E-state index in [1.54, 1.807) is 11.3 Å². The summed E-state index contributed by atoms with van der Waals surface area (Å²) in [5.41, 5.74) is 6.89. The minimum absolute atomic E-state index is 1.04. The summed E-state index contributed by atoms with van der Waals surface area (Å²) < 4.78 is 0. The number of aryl methyl sites for hydroxylation is 1. The number of hydrogen-bond donors (Lipinski definition) is 0. The van der Waals surface area contributed by atoms with Gasteiger partial charge in [-0.3, -0.25) is 0 Å². The van der Waals surface area contributed by atoms with Crippen molar-refractivity contribution in [2.45, 2.75) is 13.8 Å². The predicted octanol–water partition coefficient (Wildman–Crippen LogP) is 5.73. The normalized spacial score (nSPS) is 11.4. The molecule has 0 bridgehead atoms. The molecule has 0 saturated heterocycles. The summed E-state index contributed by atoms with van der Waals surface area (Å²) in [5.74, 6) is 0. The number of allylic oxidation sites excluding steroid dienone is 4. The van der Waals surface area contributed by atoms with Gasteiger partial charge in [0.1, 0.15) is 0 Å². The molecule has 19 heavy (non-hydrogen) atoms. The molecule has 96 valence electrons. The van der Waals surface area contributed by atoms with Crippen LogP contribution in [-0.2, 0) is 0 Å². The van der Waals surface area contributed by atoms with Crippen LogP contribution in [0.4, 0.5) is 0 Å². The molecule has 1 aromatic heterocycles. The van der Waals surface area contributed by atoms with Gasteiger partial charge in [-0.05, 0) is 64.1 Å². The van der Waals surface area contributed by atoms with Gasteiger partial charge < -0.3 is 0 Å². The van der Waals surface area contributed by atoms with Crippen molar-refractivity contribution in [2.24, 2.45) is 0 Å². The van der Waals surface area contributed by atoms with E-state index in [-0.39, 0.29) is 0 Å². The average Bonchev–Trinajstić information content (AvgIpc) is 2.92. The highest BCUT2D eigenvalue weighted by molar-refractivity contribution is 7.08. The third-order valence-corrected chi connectivity index (χ3v) is 3.91. The molecule has 1 aromatic carbocycles. The second kappa shape index (κ2) is 5.85. The van der Waals surface area contributed by atoms with Crippen LogP contribution in [-0.4, -0.2) is 0 Å². The Bertz CT molecular complexity index is 627. The Labute approximate surface area is 119 Å². The molecule has 0 fully saturated rings. The minimum Gasteiger partial charge on any atom is -0.152 e. The number of hydrogen-bond acceptors (Lipinski definition) is 1. The number of thiophene rings is 1. The molecule has 0 nitrogen and oxygen atoms in total. The van der Waals surface area contributed by atoms with Gasteiger partial charge in [-0.2, -0.15) is 11.3 Å². The maximum Gasteiger partial charge on any atom is -0.00149 e. The third-order valence-electron chi connectivity index (χ3n) is 3.23. The molecule has 0 atom stereocenters. The molecule has 0 aliphatic carbocycles.